The maximum absolute atomic E-state index is 11.6. The summed E-state index contributed by atoms with van der Waals surface area (Å²) in [6.45, 7) is 1.70. The molecule has 0 unspecified atom stereocenters. The molecule has 122 valence electrons. The third kappa shape index (κ3) is 2.98. The van der Waals surface area contributed by atoms with E-state index in [1.54, 1.807) is 49.0 Å². The molecule has 0 saturated carbocycles. The number of nitrogens with two attached hydrogens (primary N) is 2. The van der Waals surface area contributed by atoms with Crippen LogP contribution in [0.1, 0.15) is 28.5 Å². The van der Waals surface area contributed by atoms with Crippen molar-refractivity contribution in [1.82, 2.24) is 9.55 Å². The lowest BCUT2D eigenvalue weighted by atomic mass is 10.0. The summed E-state index contributed by atoms with van der Waals surface area (Å²) in [6.07, 6.45) is 9.55. The number of aliphatic hydroxyl groups excluding tert-OH is 1. The average molecular weight is 323 g/mol. The van der Waals surface area contributed by atoms with Crippen molar-refractivity contribution in [2.24, 2.45) is 12.8 Å². The molecule has 0 fully saturated rings. The van der Waals surface area contributed by atoms with Crippen LogP contribution in [0.3, 0.4) is 0 Å². The molecule has 0 bridgehead atoms. The van der Waals surface area contributed by atoms with Crippen molar-refractivity contribution in [2.75, 3.05) is 5.73 Å². The van der Waals surface area contributed by atoms with Gasteiger partial charge in [-0.25, -0.2) is 4.98 Å². The number of anilines is 1. The molecule has 7 nitrogen and oxygen atoms in total. The molecule has 0 radical (unpaired) electrons. The number of primary amides is 1. The maximum Gasteiger partial charge on any atom is 0.269 e. The molecule has 0 aliphatic rings. The van der Waals surface area contributed by atoms with E-state index >= 15 is 0 Å². The number of nitriles is 1. The van der Waals surface area contributed by atoms with Gasteiger partial charge in [0.1, 0.15) is 17.5 Å². The first-order valence-electron chi connectivity index (χ1n) is 7.09. The van der Waals surface area contributed by atoms with Gasteiger partial charge in [-0.2, -0.15) is 5.26 Å². The minimum absolute atomic E-state index is 0.0480. The predicted molar refractivity (Wildman–Crippen MR) is 92.9 cm³/mol. The first kappa shape index (κ1) is 16.8. The lowest BCUT2D eigenvalue weighted by Gasteiger charge is -2.08. The number of nitrogens with zero attached hydrogens (tertiary/aromatic N) is 3. The van der Waals surface area contributed by atoms with Crippen LogP contribution in [0.15, 0.2) is 36.3 Å². The number of fused-ring (bicyclic) bond motifs is 1. The molecule has 2 heterocycles. The molecule has 0 aliphatic heterocycles. The molecular formula is C17H17N5O2. The van der Waals surface area contributed by atoms with Gasteiger partial charge >= 0.3 is 0 Å². The number of carbonyl (C=O) groups is 1. The van der Waals surface area contributed by atoms with Gasteiger partial charge in [-0.1, -0.05) is 18.2 Å². The van der Waals surface area contributed by atoms with E-state index in [1.807, 2.05) is 0 Å². The quantitative estimate of drug-likeness (QED) is 0.586. The second-order valence-corrected chi connectivity index (χ2v) is 5.05. The number of amides is 1. The van der Waals surface area contributed by atoms with Crippen molar-refractivity contribution >= 4 is 28.7 Å². The molecule has 1 amide bonds. The van der Waals surface area contributed by atoms with Gasteiger partial charge in [-0.15, -0.1) is 0 Å². The Hall–Kier alpha value is -3.53. The van der Waals surface area contributed by atoms with Crippen LogP contribution in [0.2, 0.25) is 0 Å². The smallest absolute Gasteiger partial charge is 0.269 e. The molecule has 0 saturated heterocycles. The van der Waals surface area contributed by atoms with Crippen molar-refractivity contribution < 1.29 is 9.90 Å². The fraction of sp³-hybridized carbons (Fsp3) is 0.118. The first-order valence-corrected chi connectivity index (χ1v) is 7.09. The molecule has 0 aliphatic carbocycles. The highest BCUT2D eigenvalue weighted by atomic mass is 16.3. The summed E-state index contributed by atoms with van der Waals surface area (Å²) < 4.78 is 1.64. The van der Waals surface area contributed by atoms with E-state index in [4.69, 9.17) is 11.5 Å². The van der Waals surface area contributed by atoms with Crippen LogP contribution in [0.4, 0.5) is 5.69 Å². The third-order valence-corrected chi connectivity index (χ3v) is 3.47. The van der Waals surface area contributed by atoms with Crippen LogP contribution in [0.5, 0.6) is 0 Å². The largest absolute Gasteiger partial charge is 0.508 e. The number of rotatable bonds is 4. The molecule has 0 aromatic carbocycles. The lowest BCUT2D eigenvalue weighted by molar-refractivity contribution is 0.0997. The van der Waals surface area contributed by atoms with Crippen LogP contribution in [0, 0.1) is 11.3 Å². The number of aromatic nitrogens is 2. The van der Waals surface area contributed by atoms with Gasteiger partial charge in [0.15, 0.2) is 5.69 Å². The summed E-state index contributed by atoms with van der Waals surface area (Å²) in [7, 11) is 1.72. The highest BCUT2D eigenvalue weighted by molar-refractivity contribution is 6.05. The van der Waals surface area contributed by atoms with Crippen LogP contribution in [0.25, 0.3) is 17.1 Å². The zero-order chi connectivity index (χ0) is 17.9. The highest BCUT2D eigenvalue weighted by Crippen LogP contribution is 2.30. The zero-order valence-corrected chi connectivity index (χ0v) is 13.3. The third-order valence-electron chi connectivity index (χ3n) is 3.47. The van der Waals surface area contributed by atoms with Crippen LogP contribution in [-0.2, 0) is 7.05 Å². The van der Waals surface area contributed by atoms with Crippen molar-refractivity contribution in [3.63, 3.8) is 0 Å². The van der Waals surface area contributed by atoms with Gasteiger partial charge in [0.05, 0.1) is 11.3 Å². The van der Waals surface area contributed by atoms with Crippen LogP contribution in [-0.4, -0.2) is 20.6 Å². The molecule has 2 aromatic rings. The molecular weight excluding hydrogens is 306 g/mol. The van der Waals surface area contributed by atoms with E-state index in [9.17, 15) is 15.2 Å². The van der Waals surface area contributed by atoms with E-state index in [1.165, 1.54) is 6.08 Å². The van der Waals surface area contributed by atoms with Crippen molar-refractivity contribution in [3.05, 3.63) is 53.1 Å². The molecule has 0 atom stereocenters. The fourth-order valence-corrected chi connectivity index (χ4v) is 2.29. The van der Waals surface area contributed by atoms with Gasteiger partial charge in [0.2, 0.25) is 0 Å². The predicted octanol–water partition coefficient (Wildman–Crippen LogP) is 2.16. The van der Waals surface area contributed by atoms with Crippen LogP contribution < -0.4 is 11.5 Å². The monoisotopic (exact) mass is 323 g/mol. The molecule has 7 heteroatoms. The summed E-state index contributed by atoms with van der Waals surface area (Å²) >= 11 is 0. The number of allylic oxidation sites excluding steroid dienone is 4. The molecule has 0 spiro atoms. The topological polar surface area (TPSA) is 131 Å². The summed E-state index contributed by atoms with van der Waals surface area (Å²) in [6, 6.07) is 2.09. The average Bonchev–Trinajstić information content (AvgIpc) is 2.88. The summed E-state index contributed by atoms with van der Waals surface area (Å²) in [5, 5.41) is 19.2. The Bertz CT molecular complexity index is 942. The first-order chi connectivity index (χ1) is 11.4. The van der Waals surface area contributed by atoms with E-state index < -0.39 is 5.91 Å². The molecule has 24 heavy (non-hydrogen) atoms. The summed E-state index contributed by atoms with van der Waals surface area (Å²) in [5.41, 5.74) is 12.7. The van der Waals surface area contributed by atoms with Crippen molar-refractivity contribution in [1.29, 1.82) is 5.26 Å². The van der Waals surface area contributed by atoms with Gasteiger partial charge in [0.25, 0.3) is 5.91 Å². The van der Waals surface area contributed by atoms with Gasteiger partial charge in [-0.05, 0) is 19.1 Å². The van der Waals surface area contributed by atoms with Crippen LogP contribution >= 0.6 is 0 Å². The highest BCUT2D eigenvalue weighted by Gasteiger charge is 2.19. The summed E-state index contributed by atoms with van der Waals surface area (Å²) in [4.78, 5) is 15.8. The van der Waals surface area contributed by atoms with Crippen molar-refractivity contribution in [3.8, 4) is 6.07 Å². The minimum Gasteiger partial charge on any atom is -0.508 e. The molecule has 5 N–H and O–H groups in total. The van der Waals surface area contributed by atoms with E-state index in [2.05, 4.69) is 11.1 Å². The second-order valence-electron chi connectivity index (χ2n) is 5.05. The number of aliphatic hydroxyl groups is 1. The minimum atomic E-state index is -0.745. The van der Waals surface area contributed by atoms with E-state index in [0.717, 1.165) is 0 Å². The number of carbonyl (C=O) groups excluding carboxylic acids is 1. The Labute approximate surface area is 138 Å². The maximum atomic E-state index is 11.6. The number of nitrogen functional groups attached to an aromatic ring is 1. The van der Waals surface area contributed by atoms with E-state index in [-0.39, 0.29) is 17.1 Å². The fourth-order valence-electron chi connectivity index (χ4n) is 2.29. The Morgan fingerprint density at radius 1 is 1.46 bits per heavy atom. The molecule has 2 aromatic heterocycles. The Balaban J connectivity index is 2.72. The number of hydrogen-bond acceptors (Lipinski definition) is 5. The van der Waals surface area contributed by atoms with Gasteiger partial charge < -0.3 is 21.1 Å². The number of aryl methyl sites for hydroxylation is 1. The molecule has 2 rings (SSSR count). The van der Waals surface area contributed by atoms with E-state index in [0.29, 0.717) is 22.2 Å². The number of pyridine rings is 1. The lowest BCUT2D eigenvalue weighted by Crippen LogP contribution is -2.17. The SMILES string of the molecule is C\C=C(O)/C=C\C=C\c1c(N)c(C(N)=O)nc2c1c(C#N)cn2C. The standard InChI is InChI=1S/C17H17N5O2/c1-3-11(23)6-4-5-7-12-13-10(8-18)9-22(2)17(13)21-15(14(12)19)16(20)24/h3-7,9,23H,19H2,1-2H3,(H2,20,24)/b6-4-,7-5+,11-3+. The number of hydrogen-bond donors (Lipinski definition) is 3. The van der Waals surface area contributed by atoms with Gasteiger partial charge in [0, 0.05) is 24.2 Å². The Morgan fingerprint density at radius 3 is 2.75 bits per heavy atom. The Kier molecular flexibility index (Phi) is 4.70. The normalized spacial score (nSPS) is 12.3. The zero-order valence-electron chi connectivity index (χ0n) is 13.3. The summed E-state index contributed by atoms with van der Waals surface area (Å²) in [5.74, 6) is -0.631. The Morgan fingerprint density at radius 2 is 2.17 bits per heavy atom. The second kappa shape index (κ2) is 6.71. The van der Waals surface area contributed by atoms with Crippen molar-refractivity contribution in [2.45, 2.75) is 6.92 Å². The van der Waals surface area contributed by atoms with Gasteiger partial charge in [-0.3, -0.25) is 4.79 Å².